The summed E-state index contributed by atoms with van der Waals surface area (Å²) >= 11 is 0. The van der Waals surface area contributed by atoms with Gasteiger partial charge in [-0.25, -0.2) is 15.8 Å². The highest BCUT2D eigenvalue weighted by Gasteiger charge is 2.24. The van der Waals surface area contributed by atoms with Gasteiger partial charge in [-0.1, -0.05) is 13.3 Å². The summed E-state index contributed by atoms with van der Waals surface area (Å²) in [7, 11) is 0. The van der Waals surface area contributed by atoms with Crippen molar-refractivity contribution in [2.75, 3.05) is 10.7 Å². The second kappa shape index (κ2) is 5.31. The summed E-state index contributed by atoms with van der Waals surface area (Å²) in [5, 5.41) is 3.45. The minimum absolute atomic E-state index is 0.467. The third-order valence-corrected chi connectivity index (χ3v) is 3.47. The lowest BCUT2D eigenvalue weighted by Crippen LogP contribution is -2.31. The molecule has 0 aliphatic heterocycles. The molecule has 5 heteroatoms. The van der Waals surface area contributed by atoms with Crippen molar-refractivity contribution in [3.8, 4) is 0 Å². The molecule has 0 radical (unpaired) electrons. The molecule has 1 atom stereocenters. The maximum absolute atomic E-state index is 5.40. The lowest BCUT2D eigenvalue weighted by molar-refractivity contribution is 0.285. The van der Waals surface area contributed by atoms with E-state index in [1.807, 2.05) is 13.0 Å². The Kier molecular flexibility index (Phi) is 3.78. The van der Waals surface area contributed by atoms with Crippen molar-refractivity contribution in [2.45, 2.75) is 45.6 Å². The summed E-state index contributed by atoms with van der Waals surface area (Å²) in [6.45, 7) is 4.25. The highest BCUT2D eigenvalue weighted by atomic mass is 15.3. The van der Waals surface area contributed by atoms with Crippen molar-refractivity contribution in [1.82, 2.24) is 9.97 Å². The molecule has 1 unspecified atom stereocenters. The van der Waals surface area contributed by atoms with Crippen LogP contribution < -0.4 is 16.6 Å². The minimum atomic E-state index is 0.467. The van der Waals surface area contributed by atoms with E-state index < -0.39 is 0 Å². The molecule has 0 spiro atoms. The number of hydrogen-bond donors (Lipinski definition) is 3. The SMILES string of the molecule is CCc1nc(NN)cc(NC(C)C2CCC2)n1. The van der Waals surface area contributed by atoms with Gasteiger partial charge in [-0.2, -0.15) is 0 Å². The second-order valence-corrected chi connectivity index (χ2v) is 4.68. The summed E-state index contributed by atoms with van der Waals surface area (Å²) in [4.78, 5) is 8.73. The van der Waals surface area contributed by atoms with Crippen LogP contribution in [0.5, 0.6) is 0 Å². The largest absolute Gasteiger partial charge is 0.367 e. The fourth-order valence-electron chi connectivity index (χ4n) is 2.09. The van der Waals surface area contributed by atoms with Crippen LogP contribution in [0, 0.1) is 5.92 Å². The first kappa shape index (κ1) is 12.1. The minimum Gasteiger partial charge on any atom is -0.367 e. The number of nitrogens with zero attached hydrogens (tertiary/aromatic N) is 2. The third kappa shape index (κ3) is 2.85. The van der Waals surface area contributed by atoms with Gasteiger partial charge in [0.2, 0.25) is 0 Å². The van der Waals surface area contributed by atoms with E-state index in [-0.39, 0.29) is 0 Å². The van der Waals surface area contributed by atoms with Crippen molar-refractivity contribution in [2.24, 2.45) is 11.8 Å². The van der Waals surface area contributed by atoms with Crippen LogP contribution in [0.4, 0.5) is 11.6 Å². The van der Waals surface area contributed by atoms with Gasteiger partial charge in [0, 0.05) is 18.5 Å². The number of aryl methyl sites for hydroxylation is 1. The Bertz CT molecular complexity index is 353. The zero-order valence-corrected chi connectivity index (χ0v) is 10.5. The maximum Gasteiger partial charge on any atom is 0.145 e. The van der Waals surface area contributed by atoms with Crippen molar-refractivity contribution in [1.29, 1.82) is 0 Å². The summed E-state index contributed by atoms with van der Waals surface area (Å²) < 4.78 is 0. The normalized spacial score (nSPS) is 17.4. The Balaban J connectivity index is 2.07. The number of anilines is 2. The van der Waals surface area contributed by atoms with Crippen LogP contribution >= 0.6 is 0 Å². The van der Waals surface area contributed by atoms with Crippen LogP contribution in [0.25, 0.3) is 0 Å². The third-order valence-electron chi connectivity index (χ3n) is 3.47. The van der Waals surface area contributed by atoms with Crippen LogP contribution in [0.1, 0.15) is 38.9 Å². The van der Waals surface area contributed by atoms with Crippen LogP contribution in [-0.4, -0.2) is 16.0 Å². The highest BCUT2D eigenvalue weighted by molar-refractivity contribution is 5.47. The Morgan fingerprint density at radius 2 is 2.12 bits per heavy atom. The fraction of sp³-hybridized carbons (Fsp3) is 0.667. The molecule has 5 nitrogen and oxygen atoms in total. The number of hydrazine groups is 1. The van der Waals surface area contributed by atoms with Crippen LogP contribution in [0.2, 0.25) is 0 Å². The molecule has 0 aromatic carbocycles. The number of hydrogen-bond acceptors (Lipinski definition) is 5. The average Bonchev–Trinajstić information content (AvgIpc) is 2.25. The maximum atomic E-state index is 5.40. The predicted octanol–water partition coefficient (Wildman–Crippen LogP) is 1.93. The average molecular weight is 235 g/mol. The molecule has 0 saturated heterocycles. The zero-order valence-electron chi connectivity index (χ0n) is 10.5. The molecule has 0 bridgehead atoms. The zero-order chi connectivity index (χ0) is 12.3. The van der Waals surface area contributed by atoms with E-state index in [4.69, 9.17) is 5.84 Å². The summed E-state index contributed by atoms with van der Waals surface area (Å²) in [5.74, 6) is 8.52. The monoisotopic (exact) mass is 235 g/mol. The molecular formula is C12H21N5. The Hall–Kier alpha value is -1.36. The number of nitrogens with one attached hydrogen (secondary N) is 2. The summed E-state index contributed by atoms with van der Waals surface area (Å²) in [6.07, 6.45) is 4.81. The molecule has 4 N–H and O–H groups in total. The molecule has 1 aromatic rings. The molecule has 1 saturated carbocycles. The van der Waals surface area contributed by atoms with Gasteiger partial charge < -0.3 is 10.7 Å². The first-order chi connectivity index (χ1) is 8.22. The fourth-order valence-corrected chi connectivity index (χ4v) is 2.09. The molecule has 1 aliphatic rings. The van der Waals surface area contributed by atoms with Crippen molar-refractivity contribution < 1.29 is 0 Å². The van der Waals surface area contributed by atoms with Gasteiger partial charge in [-0.15, -0.1) is 0 Å². The van der Waals surface area contributed by atoms with Gasteiger partial charge in [0.1, 0.15) is 17.5 Å². The van der Waals surface area contributed by atoms with Crippen molar-refractivity contribution in [3.63, 3.8) is 0 Å². The van der Waals surface area contributed by atoms with Crippen molar-refractivity contribution >= 4 is 11.6 Å². The smallest absolute Gasteiger partial charge is 0.145 e. The lowest BCUT2D eigenvalue weighted by atomic mass is 9.80. The van der Waals surface area contributed by atoms with Crippen molar-refractivity contribution in [3.05, 3.63) is 11.9 Å². The number of rotatable bonds is 5. The standard InChI is InChI=1S/C12H21N5/c1-3-10-15-11(7-12(16-10)17-13)14-8(2)9-5-4-6-9/h7-9H,3-6,13H2,1-2H3,(H2,14,15,16,17). The van der Waals surface area contributed by atoms with E-state index in [9.17, 15) is 0 Å². The first-order valence-corrected chi connectivity index (χ1v) is 6.34. The molecule has 17 heavy (non-hydrogen) atoms. The summed E-state index contributed by atoms with van der Waals surface area (Å²) in [5.41, 5.74) is 2.58. The molecule has 1 heterocycles. The van der Waals surface area contributed by atoms with Crippen LogP contribution in [0.3, 0.4) is 0 Å². The van der Waals surface area contributed by atoms with Gasteiger partial charge in [0.05, 0.1) is 0 Å². The van der Waals surface area contributed by atoms with Gasteiger partial charge in [0.25, 0.3) is 0 Å². The quantitative estimate of drug-likeness (QED) is 0.537. The molecule has 1 fully saturated rings. The summed E-state index contributed by atoms with van der Waals surface area (Å²) in [6, 6.07) is 2.32. The Morgan fingerprint density at radius 1 is 1.41 bits per heavy atom. The van der Waals surface area contributed by atoms with E-state index in [0.717, 1.165) is 24.0 Å². The second-order valence-electron chi connectivity index (χ2n) is 4.68. The van der Waals surface area contributed by atoms with Crippen LogP contribution in [-0.2, 0) is 6.42 Å². The number of aromatic nitrogens is 2. The molecule has 0 amide bonds. The first-order valence-electron chi connectivity index (χ1n) is 6.34. The molecular weight excluding hydrogens is 214 g/mol. The molecule has 1 aliphatic carbocycles. The Morgan fingerprint density at radius 3 is 2.65 bits per heavy atom. The predicted molar refractivity (Wildman–Crippen MR) is 69.6 cm³/mol. The number of nitrogens with two attached hydrogens (primary N) is 1. The van der Waals surface area contributed by atoms with E-state index >= 15 is 0 Å². The molecule has 94 valence electrons. The van der Waals surface area contributed by atoms with E-state index in [1.165, 1.54) is 19.3 Å². The topological polar surface area (TPSA) is 75.9 Å². The van der Waals surface area contributed by atoms with Crippen LogP contribution in [0.15, 0.2) is 6.07 Å². The van der Waals surface area contributed by atoms with E-state index in [2.05, 4.69) is 27.6 Å². The molecule has 2 rings (SSSR count). The molecule has 1 aromatic heterocycles. The van der Waals surface area contributed by atoms with Gasteiger partial charge in [-0.3, -0.25) is 0 Å². The van der Waals surface area contributed by atoms with Gasteiger partial charge in [0.15, 0.2) is 0 Å². The lowest BCUT2D eigenvalue weighted by Gasteiger charge is -2.32. The van der Waals surface area contributed by atoms with Gasteiger partial charge in [-0.05, 0) is 25.7 Å². The van der Waals surface area contributed by atoms with E-state index in [0.29, 0.717) is 11.9 Å². The number of nitrogen functional groups attached to an aromatic ring is 1. The highest BCUT2D eigenvalue weighted by Crippen LogP contribution is 2.30. The Labute approximate surface area is 102 Å². The van der Waals surface area contributed by atoms with Gasteiger partial charge >= 0.3 is 0 Å². The van der Waals surface area contributed by atoms with E-state index in [1.54, 1.807) is 0 Å².